The highest BCUT2D eigenvalue weighted by atomic mass is 32.2. The van der Waals surface area contributed by atoms with E-state index in [1.54, 1.807) is 44.6 Å². The molecule has 0 unspecified atom stereocenters. The molecule has 8 nitrogen and oxygen atoms in total. The van der Waals surface area contributed by atoms with E-state index < -0.39 is 0 Å². The number of halogens is 1. The van der Waals surface area contributed by atoms with E-state index in [0.29, 0.717) is 51.2 Å². The highest BCUT2D eigenvalue weighted by Crippen LogP contribution is 2.31. The summed E-state index contributed by atoms with van der Waals surface area (Å²) in [5.74, 6) is 2.36. The molecule has 0 radical (unpaired) electrons. The molecule has 29 heavy (non-hydrogen) atoms. The maximum Gasteiger partial charge on any atom is 0.277 e. The van der Waals surface area contributed by atoms with Gasteiger partial charge in [-0.25, -0.2) is 4.39 Å². The topological polar surface area (TPSA) is 96.3 Å². The van der Waals surface area contributed by atoms with E-state index in [-0.39, 0.29) is 5.82 Å². The molecule has 0 amide bonds. The Kier molecular flexibility index (Phi) is 5.43. The van der Waals surface area contributed by atoms with Gasteiger partial charge < -0.3 is 18.4 Å². The van der Waals surface area contributed by atoms with Crippen LogP contribution in [0.4, 0.5) is 4.39 Å². The summed E-state index contributed by atoms with van der Waals surface area (Å²) in [7, 11) is 3.14. The summed E-state index contributed by atoms with van der Waals surface area (Å²) in [5, 5.41) is 12.3. The number of methoxy groups -OCH3 is 2. The van der Waals surface area contributed by atoms with Gasteiger partial charge in [0.2, 0.25) is 17.6 Å². The monoisotopic (exact) mass is 414 g/mol. The SMILES string of the molecule is COc1cc(OC)cc(-c2nnc(SCc3nc(-c4ccc(F)cc4)no3)o2)c1. The van der Waals surface area contributed by atoms with Crippen molar-refractivity contribution in [3.63, 3.8) is 0 Å². The minimum Gasteiger partial charge on any atom is -0.497 e. The minimum atomic E-state index is -0.325. The standard InChI is InChI=1S/C19H15FN4O4S/c1-25-14-7-12(8-15(9-14)26-2)18-22-23-19(27-18)29-10-16-21-17(24-28-16)11-3-5-13(20)6-4-11/h3-9H,10H2,1-2H3. The highest BCUT2D eigenvalue weighted by molar-refractivity contribution is 7.98. The van der Waals surface area contributed by atoms with Gasteiger partial charge in [-0.05, 0) is 36.4 Å². The van der Waals surface area contributed by atoms with Crippen LogP contribution in [0.2, 0.25) is 0 Å². The quantitative estimate of drug-likeness (QED) is 0.411. The largest absolute Gasteiger partial charge is 0.497 e. The predicted molar refractivity (Wildman–Crippen MR) is 102 cm³/mol. The third-order valence-corrected chi connectivity index (χ3v) is 4.70. The number of thioether (sulfide) groups is 1. The van der Waals surface area contributed by atoms with Gasteiger partial charge in [-0.1, -0.05) is 16.9 Å². The van der Waals surface area contributed by atoms with Crippen LogP contribution in [-0.2, 0) is 5.75 Å². The molecule has 0 bridgehead atoms. The molecular formula is C19H15FN4O4S. The van der Waals surface area contributed by atoms with Gasteiger partial charge >= 0.3 is 0 Å². The average Bonchev–Trinajstić information content (AvgIpc) is 3.42. The van der Waals surface area contributed by atoms with E-state index in [0.717, 1.165) is 0 Å². The Morgan fingerprint density at radius 1 is 0.966 bits per heavy atom. The lowest BCUT2D eigenvalue weighted by molar-refractivity contribution is 0.390. The molecule has 4 aromatic rings. The molecule has 0 saturated heterocycles. The number of nitrogens with zero attached hydrogens (tertiary/aromatic N) is 4. The van der Waals surface area contributed by atoms with E-state index >= 15 is 0 Å². The molecule has 0 fully saturated rings. The lowest BCUT2D eigenvalue weighted by Crippen LogP contribution is -1.88. The van der Waals surface area contributed by atoms with Crippen LogP contribution in [0.15, 0.2) is 56.6 Å². The molecular weight excluding hydrogens is 399 g/mol. The first-order valence-corrected chi connectivity index (χ1v) is 9.41. The summed E-state index contributed by atoms with van der Waals surface area (Å²) in [6.45, 7) is 0. The van der Waals surface area contributed by atoms with E-state index in [2.05, 4.69) is 20.3 Å². The zero-order chi connectivity index (χ0) is 20.2. The first-order chi connectivity index (χ1) is 14.1. The molecule has 2 aromatic heterocycles. The van der Waals surface area contributed by atoms with Crippen molar-refractivity contribution >= 4 is 11.8 Å². The zero-order valence-electron chi connectivity index (χ0n) is 15.5. The van der Waals surface area contributed by atoms with E-state index in [4.69, 9.17) is 18.4 Å². The average molecular weight is 414 g/mol. The molecule has 0 atom stereocenters. The summed E-state index contributed by atoms with van der Waals surface area (Å²) < 4.78 is 34.4. The Morgan fingerprint density at radius 2 is 1.69 bits per heavy atom. The van der Waals surface area contributed by atoms with Gasteiger partial charge in [0.1, 0.15) is 17.3 Å². The molecule has 0 aliphatic heterocycles. The second-order valence-electron chi connectivity index (χ2n) is 5.78. The molecule has 0 N–H and O–H groups in total. The van der Waals surface area contributed by atoms with Gasteiger partial charge in [0.05, 0.1) is 20.0 Å². The summed E-state index contributed by atoms with van der Waals surface area (Å²) in [5.41, 5.74) is 1.34. The van der Waals surface area contributed by atoms with Crippen LogP contribution in [0.5, 0.6) is 11.5 Å². The van der Waals surface area contributed by atoms with Crippen molar-refractivity contribution < 1.29 is 22.8 Å². The van der Waals surface area contributed by atoms with Crippen molar-refractivity contribution in [2.75, 3.05) is 14.2 Å². The fourth-order valence-corrected chi connectivity index (χ4v) is 3.07. The van der Waals surface area contributed by atoms with Gasteiger partial charge in [0, 0.05) is 17.2 Å². The normalized spacial score (nSPS) is 10.9. The fourth-order valence-electron chi connectivity index (χ4n) is 2.47. The number of ether oxygens (including phenoxy) is 2. The molecule has 148 valence electrons. The van der Waals surface area contributed by atoms with Crippen LogP contribution in [-0.4, -0.2) is 34.6 Å². The maximum absolute atomic E-state index is 13.0. The van der Waals surface area contributed by atoms with Crippen LogP contribution in [0.1, 0.15) is 5.89 Å². The van der Waals surface area contributed by atoms with Gasteiger partial charge in [0.15, 0.2) is 0 Å². The van der Waals surface area contributed by atoms with E-state index in [1.807, 2.05) is 0 Å². The Balaban J connectivity index is 1.44. The zero-order valence-corrected chi connectivity index (χ0v) is 16.3. The lowest BCUT2D eigenvalue weighted by atomic mass is 10.2. The summed E-state index contributed by atoms with van der Waals surface area (Å²) in [4.78, 5) is 4.29. The number of hydrogen-bond acceptors (Lipinski definition) is 9. The summed E-state index contributed by atoms with van der Waals surface area (Å²) >= 11 is 1.26. The van der Waals surface area contributed by atoms with Crippen LogP contribution in [0.25, 0.3) is 22.8 Å². The van der Waals surface area contributed by atoms with Crippen molar-refractivity contribution in [1.82, 2.24) is 20.3 Å². The van der Waals surface area contributed by atoms with Crippen LogP contribution < -0.4 is 9.47 Å². The number of benzene rings is 2. The Morgan fingerprint density at radius 3 is 2.38 bits per heavy atom. The van der Waals surface area contributed by atoms with Crippen molar-refractivity contribution in [3.05, 3.63) is 54.2 Å². The van der Waals surface area contributed by atoms with Gasteiger partial charge in [-0.3, -0.25) is 0 Å². The molecule has 0 aliphatic rings. The van der Waals surface area contributed by atoms with Gasteiger partial charge in [-0.15, -0.1) is 10.2 Å². The van der Waals surface area contributed by atoms with Crippen LogP contribution in [0.3, 0.4) is 0 Å². The number of rotatable bonds is 7. The summed E-state index contributed by atoms with van der Waals surface area (Å²) in [6.07, 6.45) is 0. The van der Waals surface area contributed by atoms with Crippen molar-refractivity contribution in [1.29, 1.82) is 0 Å². The third-order valence-electron chi connectivity index (χ3n) is 3.89. The maximum atomic E-state index is 13.0. The van der Waals surface area contributed by atoms with Gasteiger partial charge in [-0.2, -0.15) is 4.98 Å². The van der Waals surface area contributed by atoms with Gasteiger partial charge in [0.25, 0.3) is 5.22 Å². The van der Waals surface area contributed by atoms with E-state index in [9.17, 15) is 4.39 Å². The molecule has 2 heterocycles. The summed E-state index contributed by atoms with van der Waals surface area (Å²) in [6, 6.07) is 11.2. The third kappa shape index (κ3) is 4.37. The number of aromatic nitrogens is 4. The van der Waals surface area contributed by atoms with Crippen LogP contribution >= 0.6 is 11.8 Å². The first-order valence-electron chi connectivity index (χ1n) is 8.43. The lowest BCUT2D eigenvalue weighted by Gasteiger charge is -2.05. The van der Waals surface area contributed by atoms with Crippen molar-refractivity contribution in [3.8, 4) is 34.3 Å². The Bertz CT molecular complexity index is 1090. The molecule has 4 rings (SSSR count). The molecule has 2 aromatic carbocycles. The Hall–Kier alpha value is -3.40. The minimum absolute atomic E-state index is 0.325. The molecule has 0 aliphatic carbocycles. The first kappa shape index (κ1) is 18.9. The van der Waals surface area contributed by atoms with E-state index in [1.165, 1.54) is 23.9 Å². The highest BCUT2D eigenvalue weighted by Gasteiger charge is 2.14. The smallest absolute Gasteiger partial charge is 0.277 e. The Labute approximate surface area is 169 Å². The molecule has 0 saturated carbocycles. The predicted octanol–water partition coefficient (Wildman–Crippen LogP) is 4.24. The molecule has 10 heteroatoms. The fraction of sp³-hybridized carbons (Fsp3) is 0.158. The van der Waals surface area contributed by atoms with Crippen molar-refractivity contribution in [2.24, 2.45) is 0 Å². The second-order valence-corrected chi connectivity index (χ2v) is 6.71. The number of hydrogen-bond donors (Lipinski definition) is 0. The molecule has 0 spiro atoms. The van der Waals surface area contributed by atoms with Crippen LogP contribution in [0, 0.1) is 5.82 Å². The second kappa shape index (κ2) is 8.31. The van der Waals surface area contributed by atoms with Crippen molar-refractivity contribution in [2.45, 2.75) is 11.0 Å².